The highest BCUT2D eigenvalue weighted by atomic mass is 35.5. The predicted octanol–water partition coefficient (Wildman–Crippen LogP) is 5.60. The lowest BCUT2D eigenvalue weighted by Gasteiger charge is -2.44. The molecule has 5 N–H and O–H groups in total. The average molecular weight is 815 g/mol. The van der Waals surface area contributed by atoms with Gasteiger partial charge in [-0.2, -0.15) is 0 Å². The van der Waals surface area contributed by atoms with Crippen LogP contribution < -0.4 is 14.8 Å². The van der Waals surface area contributed by atoms with Crippen molar-refractivity contribution in [1.82, 2.24) is 10.2 Å². The van der Waals surface area contributed by atoms with Crippen molar-refractivity contribution in [2.75, 3.05) is 19.8 Å². The van der Waals surface area contributed by atoms with Crippen molar-refractivity contribution >= 4 is 76.0 Å². The molecule has 0 radical (unpaired) electrons. The first-order valence-electron chi connectivity index (χ1n) is 16.3. The maximum atomic E-state index is 12.9. The summed E-state index contributed by atoms with van der Waals surface area (Å²) in [6.07, 6.45) is -0.707. The SMILES string of the molecule is CCC[C@@H]1C[C@@H](C(=O)N[C@@H]([C@H]2O[C@H](SC)[C@H](O)[C@@H](O)[C@H]2O)[C@H](C)Cl)N(C)C1.O=C(O)CCC(=O)Oc1cc(Cl)ccc1Oc1ccc(Cl)cc1Cl. The first kappa shape index (κ1) is 43.4. The normalized spacial score (nSPS) is 26.0. The number of amides is 1. The van der Waals surface area contributed by atoms with Crippen molar-refractivity contribution in [2.24, 2.45) is 5.92 Å². The topological polar surface area (TPSA) is 175 Å². The van der Waals surface area contributed by atoms with Gasteiger partial charge in [0.25, 0.3) is 0 Å². The number of rotatable bonds is 13. The summed E-state index contributed by atoms with van der Waals surface area (Å²) in [5, 5.41) is 42.7. The Morgan fingerprint density at radius 1 is 1.00 bits per heavy atom. The van der Waals surface area contributed by atoms with Gasteiger partial charge in [0, 0.05) is 22.7 Å². The lowest BCUT2D eigenvalue weighted by atomic mass is 9.92. The van der Waals surface area contributed by atoms with Crippen LogP contribution >= 0.6 is 58.2 Å². The van der Waals surface area contributed by atoms with Gasteiger partial charge in [-0.25, -0.2) is 0 Å². The minimum Gasteiger partial charge on any atom is -0.481 e. The standard InChI is InChI=1S/C18H33ClN2O5S.C16H11Cl3O5/c1-5-6-10-7-11(21(3)8-10)17(25)20-12(9(2)19)16-14(23)13(22)15(24)18(26-16)27-4;17-9-1-3-12(11(19)7-9)23-13-4-2-10(18)8-14(13)24-16(22)6-5-15(20)21/h9-16,18,22-24H,5-8H2,1-4H3,(H,20,25);1-4,7-8H,5-6H2,(H,20,21)/t9-,10+,11-,12+,13-,14+,15+,16+,18+;/m0./s1. The van der Waals surface area contributed by atoms with Gasteiger partial charge in [-0.15, -0.1) is 23.4 Å². The molecule has 2 fully saturated rings. The fraction of sp³-hybridized carbons (Fsp3) is 0.559. The van der Waals surface area contributed by atoms with E-state index >= 15 is 0 Å². The van der Waals surface area contributed by atoms with E-state index in [1.54, 1.807) is 31.4 Å². The summed E-state index contributed by atoms with van der Waals surface area (Å²) in [6.45, 7) is 4.74. The molecule has 51 heavy (non-hydrogen) atoms. The van der Waals surface area contributed by atoms with Crippen LogP contribution in [0.4, 0.5) is 0 Å². The monoisotopic (exact) mass is 812 g/mol. The number of halogens is 4. The van der Waals surface area contributed by atoms with Crippen LogP contribution in [0.3, 0.4) is 0 Å². The molecule has 284 valence electrons. The third-order valence-electron chi connectivity index (χ3n) is 8.42. The van der Waals surface area contributed by atoms with E-state index < -0.39 is 53.2 Å². The number of nitrogens with zero attached hydrogens (tertiary/aromatic N) is 1. The molecular weight excluding hydrogens is 770 g/mol. The number of aliphatic hydroxyl groups is 3. The second kappa shape index (κ2) is 20.4. The van der Waals surface area contributed by atoms with E-state index in [-0.39, 0.29) is 41.3 Å². The van der Waals surface area contributed by atoms with Crippen LogP contribution in [0.5, 0.6) is 17.2 Å². The summed E-state index contributed by atoms with van der Waals surface area (Å²) < 4.78 is 16.6. The van der Waals surface area contributed by atoms with Gasteiger partial charge in [-0.05, 0) is 69.3 Å². The first-order valence-corrected chi connectivity index (χ1v) is 19.1. The molecule has 0 saturated carbocycles. The van der Waals surface area contributed by atoms with Crippen molar-refractivity contribution in [3.63, 3.8) is 0 Å². The Morgan fingerprint density at radius 2 is 1.65 bits per heavy atom. The van der Waals surface area contributed by atoms with Gasteiger partial charge >= 0.3 is 11.9 Å². The number of benzene rings is 2. The number of likely N-dealkylation sites (N-methyl/N-ethyl adjacent to an activating group) is 1. The number of carbonyl (C=O) groups is 3. The minimum absolute atomic E-state index is 0.0592. The number of carbonyl (C=O) groups excluding carboxylic acids is 2. The maximum absolute atomic E-state index is 12.9. The Hall–Kier alpha value is -2.04. The Kier molecular flexibility index (Phi) is 17.4. The van der Waals surface area contributed by atoms with Crippen LogP contribution in [-0.2, 0) is 19.1 Å². The zero-order chi connectivity index (χ0) is 38.0. The Balaban J connectivity index is 0.000000277. The highest BCUT2D eigenvalue weighted by Crippen LogP contribution is 2.38. The summed E-state index contributed by atoms with van der Waals surface area (Å²) >= 11 is 25.3. The van der Waals surface area contributed by atoms with Crippen LogP contribution in [0.1, 0.15) is 46.0 Å². The molecule has 17 heteroatoms. The van der Waals surface area contributed by atoms with Crippen molar-refractivity contribution in [3.8, 4) is 17.2 Å². The fourth-order valence-electron chi connectivity index (χ4n) is 5.82. The van der Waals surface area contributed by atoms with Crippen molar-refractivity contribution in [1.29, 1.82) is 0 Å². The van der Waals surface area contributed by atoms with Gasteiger partial charge in [-0.1, -0.05) is 48.1 Å². The molecule has 0 bridgehead atoms. The molecule has 0 aromatic heterocycles. The van der Waals surface area contributed by atoms with Crippen LogP contribution in [0.25, 0.3) is 0 Å². The molecule has 0 spiro atoms. The number of likely N-dealkylation sites (tertiary alicyclic amines) is 1. The van der Waals surface area contributed by atoms with Crippen molar-refractivity contribution in [2.45, 2.75) is 93.3 Å². The third kappa shape index (κ3) is 12.5. The van der Waals surface area contributed by atoms with E-state index in [4.69, 9.17) is 65.7 Å². The summed E-state index contributed by atoms with van der Waals surface area (Å²) in [7, 11) is 1.94. The molecule has 2 saturated heterocycles. The molecule has 2 aliphatic rings. The number of carboxylic acids is 1. The van der Waals surface area contributed by atoms with E-state index in [9.17, 15) is 29.7 Å². The largest absolute Gasteiger partial charge is 0.481 e. The number of hydrogen-bond acceptors (Lipinski definition) is 11. The maximum Gasteiger partial charge on any atom is 0.311 e. The molecule has 2 aliphatic heterocycles. The van der Waals surface area contributed by atoms with Crippen LogP contribution in [0.2, 0.25) is 15.1 Å². The molecule has 12 nitrogen and oxygen atoms in total. The van der Waals surface area contributed by atoms with E-state index in [1.165, 1.54) is 30.0 Å². The van der Waals surface area contributed by atoms with Gasteiger partial charge in [0.15, 0.2) is 11.5 Å². The number of esters is 1. The van der Waals surface area contributed by atoms with Crippen LogP contribution in [0.15, 0.2) is 36.4 Å². The molecule has 4 rings (SSSR count). The zero-order valence-corrected chi connectivity index (χ0v) is 32.3. The molecule has 2 aromatic rings. The predicted molar refractivity (Wildman–Crippen MR) is 197 cm³/mol. The Bertz CT molecular complexity index is 1490. The quantitative estimate of drug-likeness (QED) is 0.0964. The van der Waals surface area contributed by atoms with Gasteiger partial charge in [-0.3, -0.25) is 19.3 Å². The number of aliphatic hydroxyl groups excluding tert-OH is 3. The van der Waals surface area contributed by atoms with E-state index in [0.717, 1.165) is 25.8 Å². The van der Waals surface area contributed by atoms with Gasteiger partial charge < -0.3 is 40.0 Å². The van der Waals surface area contributed by atoms with Crippen molar-refractivity contribution in [3.05, 3.63) is 51.5 Å². The second-order valence-electron chi connectivity index (χ2n) is 12.4. The molecule has 0 unspecified atom stereocenters. The van der Waals surface area contributed by atoms with Gasteiger partial charge in [0.1, 0.15) is 35.6 Å². The number of nitrogens with one attached hydrogen (secondary N) is 1. The van der Waals surface area contributed by atoms with E-state index in [1.807, 2.05) is 11.9 Å². The number of aliphatic carboxylic acids is 1. The molecular formula is C34H44Cl4N2O10S. The molecule has 1 amide bonds. The third-order valence-corrected chi connectivity index (χ3v) is 10.3. The van der Waals surface area contributed by atoms with Crippen molar-refractivity contribution < 1.29 is 49.0 Å². The van der Waals surface area contributed by atoms with E-state index in [2.05, 4.69) is 12.2 Å². The van der Waals surface area contributed by atoms with Gasteiger partial charge in [0.2, 0.25) is 5.91 Å². The average Bonchev–Trinajstić information content (AvgIpc) is 3.44. The number of alkyl halides is 1. The second-order valence-corrected chi connectivity index (χ2v) is 15.3. The minimum atomic E-state index is -1.36. The molecule has 2 heterocycles. The Morgan fingerprint density at radius 3 is 2.24 bits per heavy atom. The molecule has 9 atom stereocenters. The Labute approximate surface area is 321 Å². The lowest BCUT2D eigenvalue weighted by Crippen LogP contribution is -2.65. The zero-order valence-electron chi connectivity index (χ0n) is 28.5. The summed E-state index contributed by atoms with van der Waals surface area (Å²) in [4.78, 5) is 37.2. The number of hydrogen-bond donors (Lipinski definition) is 5. The van der Waals surface area contributed by atoms with Crippen LogP contribution in [-0.4, -0.2) is 110 Å². The molecule has 0 aliphatic carbocycles. The summed E-state index contributed by atoms with van der Waals surface area (Å²) in [6, 6.07) is 8.18. The molecule has 2 aromatic carbocycles. The number of thioether (sulfide) groups is 1. The number of carboxylic acid groups (broad SMARTS) is 1. The number of ether oxygens (including phenoxy) is 3. The summed E-state index contributed by atoms with van der Waals surface area (Å²) in [5.41, 5.74) is -0.702. The van der Waals surface area contributed by atoms with Crippen LogP contribution in [0, 0.1) is 5.92 Å². The first-order chi connectivity index (χ1) is 24.1. The smallest absolute Gasteiger partial charge is 0.311 e. The highest BCUT2D eigenvalue weighted by molar-refractivity contribution is 7.99. The van der Waals surface area contributed by atoms with E-state index in [0.29, 0.717) is 21.7 Å². The van der Waals surface area contributed by atoms with Gasteiger partial charge in [0.05, 0.1) is 35.3 Å². The highest BCUT2D eigenvalue weighted by Gasteiger charge is 2.48. The fourth-order valence-corrected chi connectivity index (χ4v) is 7.31. The summed E-state index contributed by atoms with van der Waals surface area (Å²) in [5.74, 6) is -0.890. The lowest BCUT2D eigenvalue weighted by molar-refractivity contribution is -0.205.